The summed E-state index contributed by atoms with van der Waals surface area (Å²) in [7, 11) is 0. The zero-order valence-corrected chi connectivity index (χ0v) is 7.87. The summed E-state index contributed by atoms with van der Waals surface area (Å²) in [6.07, 6.45) is 2.19. The molecule has 0 aliphatic carbocycles. The molecular weight excluding hydrogens is 220 g/mol. The molecule has 0 heterocycles. The number of rotatable bonds is 4. The third kappa shape index (κ3) is 7.98. The van der Waals surface area contributed by atoms with Gasteiger partial charge in [-0.25, -0.2) is 0 Å². The van der Waals surface area contributed by atoms with E-state index < -0.39 is 6.98 Å². The second-order valence-corrected chi connectivity index (χ2v) is 3.36. The van der Waals surface area contributed by atoms with Crippen molar-refractivity contribution < 1.29 is 12.9 Å². The first-order chi connectivity index (χ1) is 4.95. The van der Waals surface area contributed by atoms with Crippen LogP contribution in [0.5, 0.6) is 0 Å². The molecule has 0 aliphatic heterocycles. The highest BCUT2D eigenvalue weighted by Gasteiger charge is 2.18. The molecule has 0 aromatic rings. The number of allylic oxidation sites excluding steroid dienone is 1. The summed E-state index contributed by atoms with van der Waals surface area (Å²) < 4.78 is 35.3. The number of hydrogen-bond acceptors (Lipinski definition) is 0. The number of unbranched alkanes of at least 4 members (excludes halogenated alkanes) is 1. The minimum atomic E-state index is -4.77. The number of halogens is 4. The van der Waals surface area contributed by atoms with Crippen LogP contribution in [0.1, 0.15) is 26.2 Å². The minimum absolute atomic E-state index is 0.256. The fourth-order valence-electron chi connectivity index (χ4n) is 0.634. The molecule has 0 atom stereocenters. The molecule has 0 saturated carbocycles. The molecule has 0 aromatic carbocycles. The van der Waals surface area contributed by atoms with E-state index in [0.717, 1.165) is 12.8 Å². The quantitative estimate of drug-likeness (QED) is 0.643. The molecule has 0 aromatic heterocycles. The van der Waals surface area contributed by atoms with Crippen LogP contribution in [0.3, 0.4) is 0 Å². The SMILES string of the molecule is CCCC/C(Br)=C/[B-](F)(F)F. The van der Waals surface area contributed by atoms with Gasteiger partial charge in [0.1, 0.15) is 0 Å². The topological polar surface area (TPSA) is 0 Å². The fourth-order valence-corrected chi connectivity index (χ4v) is 1.21. The lowest BCUT2D eigenvalue weighted by molar-refractivity contribution is 0.498. The van der Waals surface area contributed by atoms with E-state index in [0.29, 0.717) is 12.4 Å². The molecule has 0 saturated heterocycles. The van der Waals surface area contributed by atoms with Gasteiger partial charge in [0, 0.05) is 0 Å². The van der Waals surface area contributed by atoms with Gasteiger partial charge in [0.25, 0.3) is 0 Å². The van der Waals surface area contributed by atoms with Gasteiger partial charge < -0.3 is 12.9 Å². The zero-order valence-electron chi connectivity index (χ0n) is 6.29. The van der Waals surface area contributed by atoms with E-state index in [1.54, 1.807) is 0 Å². The summed E-state index contributed by atoms with van der Waals surface area (Å²) in [6, 6.07) is 0. The van der Waals surface area contributed by atoms with Crippen LogP contribution >= 0.6 is 15.9 Å². The first-order valence-electron chi connectivity index (χ1n) is 3.53. The Morgan fingerprint density at radius 1 is 1.45 bits per heavy atom. The van der Waals surface area contributed by atoms with Gasteiger partial charge in [-0.2, -0.15) is 0 Å². The Morgan fingerprint density at radius 3 is 2.36 bits per heavy atom. The van der Waals surface area contributed by atoms with E-state index in [1.165, 1.54) is 0 Å². The van der Waals surface area contributed by atoms with Crippen LogP contribution in [0.15, 0.2) is 10.5 Å². The summed E-state index contributed by atoms with van der Waals surface area (Å²) in [5.41, 5.74) is 0. The summed E-state index contributed by atoms with van der Waals surface area (Å²) >= 11 is 2.87. The lowest BCUT2D eigenvalue weighted by Crippen LogP contribution is -2.10. The van der Waals surface area contributed by atoms with Gasteiger partial charge in [-0.15, -0.1) is 5.98 Å². The van der Waals surface area contributed by atoms with Gasteiger partial charge in [-0.05, 0) is 17.3 Å². The van der Waals surface area contributed by atoms with Crippen LogP contribution in [-0.2, 0) is 0 Å². The molecule has 0 N–H and O–H groups in total. The summed E-state index contributed by atoms with van der Waals surface area (Å²) in [5.74, 6) is 0.357. The Labute approximate surface area is 73.0 Å². The van der Waals surface area contributed by atoms with Gasteiger partial charge >= 0.3 is 6.98 Å². The van der Waals surface area contributed by atoms with Crippen molar-refractivity contribution in [3.8, 4) is 0 Å². The second-order valence-electron chi connectivity index (χ2n) is 2.34. The fraction of sp³-hybridized carbons (Fsp3) is 0.667. The molecule has 0 amide bonds. The van der Waals surface area contributed by atoms with E-state index in [1.807, 2.05) is 6.92 Å². The lowest BCUT2D eigenvalue weighted by atomic mass is 9.91. The van der Waals surface area contributed by atoms with Crippen molar-refractivity contribution in [1.82, 2.24) is 0 Å². The summed E-state index contributed by atoms with van der Waals surface area (Å²) in [5, 5.41) is 0. The van der Waals surface area contributed by atoms with Crippen molar-refractivity contribution >= 4 is 22.9 Å². The van der Waals surface area contributed by atoms with Gasteiger partial charge in [0.15, 0.2) is 0 Å². The van der Waals surface area contributed by atoms with Crippen LogP contribution in [0.4, 0.5) is 12.9 Å². The zero-order chi connectivity index (χ0) is 8.91. The Morgan fingerprint density at radius 2 is 2.00 bits per heavy atom. The van der Waals surface area contributed by atoms with Crippen molar-refractivity contribution in [2.45, 2.75) is 26.2 Å². The van der Waals surface area contributed by atoms with E-state index in [-0.39, 0.29) is 4.48 Å². The standard InChI is InChI=1S/C6H10BBrF3/c1-2-3-4-6(8)5-7(9,10)11/h5H,2-4H2,1H3/q-1/b6-5-. The summed E-state index contributed by atoms with van der Waals surface area (Å²) in [6.45, 7) is -2.83. The smallest absolute Gasteiger partial charge is 0.445 e. The van der Waals surface area contributed by atoms with Gasteiger partial charge in [-0.3, -0.25) is 0 Å². The normalized spacial score (nSPS) is 13.7. The second kappa shape index (κ2) is 4.85. The lowest BCUT2D eigenvalue weighted by Gasteiger charge is -2.08. The van der Waals surface area contributed by atoms with Crippen LogP contribution in [0.25, 0.3) is 0 Å². The highest BCUT2D eigenvalue weighted by atomic mass is 79.9. The monoisotopic (exact) mass is 229 g/mol. The molecule has 66 valence electrons. The first kappa shape index (κ1) is 11.1. The van der Waals surface area contributed by atoms with Crippen LogP contribution in [0.2, 0.25) is 0 Å². The predicted molar refractivity (Wildman–Crippen MR) is 45.6 cm³/mol. The Bertz CT molecular complexity index is 141. The predicted octanol–water partition coefficient (Wildman–Crippen LogP) is 3.84. The molecule has 0 nitrogen and oxygen atoms in total. The molecule has 0 spiro atoms. The van der Waals surface area contributed by atoms with E-state index >= 15 is 0 Å². The molecule has 0 unspecified atom stereocenters. The molecule has 0 aliphatic rings. The Balaban J connectivity index is 3.81. The van der Waals surface area contributed by atoms with Crippen molar-refractivity contribution in [3.63, 3.8) is 0 Å². The van der Waals surface area contributed by atoms with E-state index in [4.69, 9.17) is 0 Å². The Hall–Kier alpha value is 0.0749. The third-order valence-corrected chi connectivity index (χ3v) is 1.80. The van der Waals surface area contributed by atoms with Crippen molar-refractivity contribution in [3.05, 3.63) is 10.5 Å². The maximum Gasteiger partial charge on any atom is 0.503 e. The highest BCUT2D eigenvalue weighted by molar-refractivity contribution is 9.11. The maximum atomic E-state index is 11.7. The van der Waals surface area contributed by atoms with Crippen LogP contribution < -0.4 is 0 Å². The van der Waals surface area contributed by atoms with Gasteiger partial charge in [0.05, 0.1) is 0 Å². The maximum absolute atomic E-state index is 11.7. The van der Waals surface area contributed by atoms with Crippen LogP contribution in [0, 0.1) is 0 Å². The van der Waals surface area contributed by atoms with Gasteiger partial charge in [-0.1, -0.05) is 29.3 Å². The number of hydrogen-bond donors (Lipinski definition) is 0. The average molecular weight is 230 g/mol. The summed E-state index contributed by atoms with van der Waals surface area (Å²) in [4.78, 5) is 0. The molecular formula is C6H10BBrF3-. The van der Waals surface area contributed by atoms with Crippen molar-refractivity contribution in [1.29, 1.82) is 0 Å². The molecule has 5 heteroatoms. The van der Waals surface area contributed by atoms with Crippen molar-refractivity contribution in [2.24, 2.45) is 0 Å². The van der Waals surface area contributed by atoms with Crippen molar-refractivity contribution in [2.75, 3.05) is 0 Å². The van der Waals surface area contributed by atoms with Crippen LogP contribution in [-0.4, -0.2) is 6.98 Å². The van der Waals surface area contributed by atoms with Gasteiger partial charge in [0.2, 0.25) is 0 Å². The highest BCUT2D eigenvalue weighted by Crippen LogP contribution is 2.20. The largest absolute Gasteiger partial charge is 0.503 e. The first-order valence-corrected chi connectivity index (χ1v) is 4.32. The molecule has 11 heavy (non-hydrogen) atoms. The Kier molecular flexibility index (Phi) is 4.89. The molecule has 0 bridgehead atoms. The van der Waals surface area contributed by atoms with E-state index in [2.05, 4.69) is 15.9 Å². The minimum Gasteiger partial charge on any atom is -0.445 e. The third-order valence-electron chi connectivity index (χ3n) is 1.14. The molecule has 0 fully saturated rings. The average Bonchev–Trinajstić information content (AvgIpc) is 1.79. The molecule has 0 radical (unpaired) electrons. The van der Waals surface area contributed by atoms with E-state index in [9.17, 15) is 12.9 Å². The molecule has 0 rings (SSSR count).